The maximum absolute atomic E-state index is 9.84. The highest BCUT2D eigenvalue weighted by Gasteiger charge is 2.35. The first-order valence-corrected chi connectivity index (χ1v) is 16.9. The summed E-state index contributed by atoms with van der Waals surface area (Å²) in [5, 5.41) is -0.629. The predicted molar refractivity (Wildman–Crippen MR) is 220 cm³/mol. The van der Waals surface area contributed by atoms with Crippen LogP contribution in [0.5, 0.6) is 0 Å². The van der Waals surface area contributed by atoms with Gasteiger partial charge in [0.05, 0.1) is 43.5 Å². The van der Waals surface area contributed by atoms with Gasteiger partial charge in [-0.2, -0.15) is 0 Å². The summed E-state index contributed by atoms with van der Waals surface area (Å²) in [4.78, 5) is 1.25. The van der Waals surface area contributed by atoms with E-state index in [1.54, 1.807) is 68.4 Å². The van der Waals surface area contributed by atoms with E-state index in [1.807, 2.05) is 0 Å². The Kier molecular flexibility index (Phi) is 3.61. The van der Waals surface area contributed by atoms with Crippen LogP contribution in [0.25, 0.3) is 64.3 Å². The number of rotatable bonds is 5. The summed E-state index contributed by atoms with van der Waals surface area (Å²) in [6.07, 6.45) is 0. The third kappa shape index (κ3) is 4.67. The molecule has 0 radical (unpaired) electrons. The molecule has 0 atom stereocenters. The van der Waals surface area contributed by atoms with Gasteiger partial charge in [-0.3, -0.25) is 0 Å². The van der Waals surface area contributed by atoms with E-state index in [9.17, 15) is 15.1 Å². The van der Waals surface area contributed by atoms with Gasteiger partial charge < -0.3 is 4.90 Å². The minimum atomic E-state index is -1.37. The van der Waals surface area contributed by atoms with E-state index in [0.29, 0.717) is 11.1 Å². The first-order chi connectivity index (χ1) is 33.4. The van der Waals surface area contributed by atoms with Crippen LogP contribution in [0.4, 0.5) is 17.1 Å². The molecular weight excluding hydrogens is 635 g/mol. The molecule has 1 heterocycles. The number of hydrogen-bond donors (Lipinski definition) is 0. The average molecular weight is 690 g/mol. The van der Waals surface area contributed by atoms with Gasteiger partial charge in [-0.25, -0.2) is 0 Å². The van der Waals surface area contributed by atoms with Gasteiger partial charge in [0.1, 0.15) is 0 Å². The van der Waals surface area contributed by atoms with Crippen molar-refractivity contribution < 1.29 is 27.4 Å². The van der Waals surface area contributed by atoms with Gasteiger partial charge in [0.25, 0.3) is 0 Å². The SMILES string of the molecule is [2H]c1c([2H])c([2H])c2c(c1[2H])-c1c([2H])c([2H])c(-c3c([2H])c([2H])c(N(c4ccccc4-c4ccccc4)c4c([2H])c([2H])c([2H])c5c4sc4c6c([2H])c([2H])c([2H])c([2H])c6c([2H])c([2H])c45)c([2H])c3[2H])c([2H])c1C2(C)C. The largest absolute Gasteiger partial charge is 0.308 e. The quantitative estimate of drug-likeness (QED) is 0.174. The summed E-state index contributed by atoms with van der Waals surface area (Å²) in [6, 6.07) is 3.39. The van der Waals surface area contributed by atoms with Crippen molar-refractivity contribution in [2.75, 3.05) is 4.90 Å². The molecule has 0 saturated heterocycles. The third-order valence-corrected chi connectivity index (χ3v) is 10.5. The van der Waals surface area contributed by atoms with Crippen LogP contribution in [0.15, 0.2) is 175 Å². The summed E-state index contributed by atoms with van der Waals surface area (Å²) in [5.41, 5.74) is -1.93. The topological polar surface area (TPSA) is 3.24 Å². The molecule has 1 aliphatic rings. The summed E-state index contributed by atoms with van der Waals surface area (Å²) in [6.45, 7) is 3.21. The maximum atomic E-state index is 9.84. The minimum Gasteiger partial charge on any atom is -0.308 e. The van der Waals surface area contributed by atoms with Crippen LogP contribution in [0, 0.1) is 0 Å². The van der Waals surface area contributed by atoms with Crippen LogP contribution < -0.4 is 4.90 Å². The van der Waals surface area contributed by atoms with E-state index in [1.165, 1.54) is 4.90 Å². The molecule has 0 N–H and O–H groups in total. The monoisotopic (exact) mass is 689 g/mol. The lowest BCUT2D eigenvalue weighted by molar-refractivity contribution is 0.660. The van der Waals surface area contributed by atoms with Gasteiger partial charge in [-0.15, -0.1) is 11.3 Å². The molecular formula is C49H35NS. The molecule has 0 amide bonds. The average Bonchev–Trinajstić information content (AvgIpc) is 3.86. The molecule has 1 nitrogen and oxygen atoms in total. The highest BCUT2D eigenvalue weighted by molar-refractivity contribution is 7.27. The standard InChI is InChI=1S/C49H35NS/c1-49(2)43-20-10-8-18-39(43)40-29-26-35(31-44(40)49)32-23-27-36(28-24-32)50(45-21-11-9-16-37(45)33-13-4-3-5-14-33)46-22-12-19-41-42-30-25-34-15-6-7-17-38(34)47(42)51-48(41)46/h3-31H,1-2H3/i6D,7D,8D,10D,12D,15D,17D,18D,19D,20D,22D,23D,24D,25D,26D,27D,28D,29D,30D,31D. The number of anilines is 3. The van der Waals surface area contributed by atoms with Crippen LogP contribution in [-0.4, -0.2) is 0 Å². The highest BCUT2D eigenvalue weighted by Crippen LogP contribution is 2.51. The van der Waals surface area contributed by atoms with Crippen molar-refractivity contribution in [1.82, 2.24) is 0 Å². The van der Waals surface area contributed by atoms with Crippen molar-refractivity contribution in [3.8, 4) is 33.4 Å². The van der Waals surface area contributed by atoms with Gasteiger partial charge in [-0.1, -0.05) is 159 Å². The molecule has 0 spiro atoms. The fourth-order valence-corrected chi connectivity index (χ4v) is 8.00. The fraction of sp³-hybridized carbons (Fsp3) is 0.0612. The number of thiophene rings is 1. The first-order valence-electron chi connectivity index (χ1n) is 26.1. The molecule has 242 valence electrons. The van der Waals surface area contributed by atoms with E-state index in [2.05, 4.69) is 0 Å². The predicted octanol–water partition coefficient (Wildman–Crippen LogP) is 14.3. The lowest BCUT2D eigenvalue weighted by Gasteiger charge is -2.28. The molecule has 1 aromatic heterocycles. The van der Waals surface area contributed by atoms with E-state index in [-0.39, 0.29) is 64.6 Å². The van der Waals surface area contributed by atoms with Crippen molar-refractivity contribution in [3.63, 3.8) is 0 Å². The highest BCUT2D eigenvalue weighted by atomic mass is 32.1. The Labute approximate surface area is 330 Å². The van der Waals surface area contributed by atoms with Crippen LogP contribution in [0.2, 0.25) is 0 Å². The Morgan fingerprint density at radius 1 is 0.490 bits per heavy atom. The van der Waals surface area contributed by atoms with Crippen LogP contribution in [0.1, 0.15) is 52.4 Å². The molecule has 0 saturated carbocycles. The molecule has 2 heteroatoms. The number of benzene rings is 8. The number of hydrogen-bond acceptors (Lipinski definition) is 2. The molecule has 9 aromatic rings. The van der Waals surface area contributed by atoms with Crippen molar-refractivity contribution in [2.24, 2.45) is 0 Å². The Morgan fingerprint density at radius 3 is 2.08 bits per heavy atom. The van der Waals surface area contributed by atoms with E-state index in [4.69, 9.17) is 12.3 Å². The fourth-order valence-electron chi connectivity index (χ4n) is 6.79. The van der Waals surface area contributed by atoms with E-state index < -0.39 is 143 Å². The lowest BCUT2D eigenvalue weighted by atomic mass is 9.81. The zero-order valence-corrected chi connectivity index (χ0v) is 27.9. The molecule has 10 rings (SSSR count). The Hall–Kier alpha value is -5.96. The van der Waals surface area contributed by atoms with Crippen LogP contribution in [0.3, 0.4) is 0 Å². The van der Waals surface area contributed by atoms with Crippen LogP contribution >= 0.6 is 11.3 Å². The summed E-state index contributed by atoms with van der Waals surface area (Å²) in [5.74, 6) is 0. The molecule has 0 aliphatic heterocycles. The van der Waals surface area contributed by atoms with Gasteiger partial charge in [0.15, 0.2) is 0 Å². The summed E-state index contributed by atoms with van der Waals surface area (Å²) < 4.78 is 183. The second-order valence-electron chi connectivity index (χ2n) is 12.6. The molecule has 0 fully saturated rings. The molecule has 0 unspecified atom stereocenters. The van der Waals surface area contributed by atoms with Crippen molar-refractivity contribution in [3.05, 3.63) is 187 Å². The lowest BCUT2D eigenvalue weighted by Crippen LogP contribution is -2.14. The molecule has 1 aliphatic carbocycles. The van der Waals surface area contributed by atoms with Crippen molar-refractivity contribution in [2.45, 2.75) is 19.3 Å². The third-order valence-electron chi connectivity index (χ3n) is 9.26. The van der Waals surface area contributed by atoms with Crippen LogP contribution in [-0.2, 0) is 5.41 Å². The second kappa shape index (κ2) is 11.6. The van der Waals surface area contributed by atoms with E-state index in [0.717, 1.165) is 11.3 Å². The Bertz CT molecular complexity index is 3890. The smallest absolute Gasteiger partial charge is 0.0645 e. The Morgan fingerprint density at radius 2 is 1.20 bits per heavy atom. The zero-order chi connectivity index (χ0) is 51.5. The molecule has 0 bridgehead atoms. The van der Waals surface area contributed by atoms with Gasteiger partial charge >= 0.3 is 0 Å². The zero-order valence-electron chi connectivity index (χ0n) is 47.1. The number of fused-ring (bicyclic) bond motifs is 8. The van der Waals surface area contributed by atoms with E-state index >= 15 is 0 Å². The molecule has 8 aromatic carbocycles. The van der Waals surface area contributed by atoms with Gasteiger partial charge in [0.2, 0.25) is 0 Å². The number of nitrogens with zero attached hydrogens (tertiary/aromatic N) is 1. The van der Waals surface area contributed by atoms with Crippen molar-refractivity contribution >= 4 is 59.3 Å². The molecule has 51 heavy (non-hydrogen) atoms. The van der Waals surface area contributed by atoms with Crippen molar-refractivity contribution in [1.29, 1.82) is 0 Å². The maximum Gasteiger partial charge on any atom is 0.0645 e. The van der Waals surface area contributed by atoms with Gasteiger partial charge in [-0.05, 0) is 80.0 Å². The Balaban J connectivity index is 1.34. The minimum absolute atomic E-state index is 0.0158. The second-order valence-corrected chi connectivity index (χ2v) is 13.6. The summed E-state index contributed by atoms with van der Waals surface area (Å²) in [7, 11) is 0. The number of para-hydroxylation sites is 1. The first kappa shape index (κ1) is 15.9. The normalized spacial score (nSPS) is 18.5. The van der Waals surface area contributed by atoms with Gasteiger partial charge in [0, 0.05) is 32.1 Å². The summed E-state index contributed by atoms with van der Waals surface area (Å²) >= 11 is 0.817.